The number of rotatable bonds is 3. The molecule has 1 atom stereocenters. The van der Waals surface area contributed by atoms with Crippen LogP contribution in [0.5, 0.6) is 0 Å². The molecule has 9 heteroatoms. The molecule has 0 aliphatic rings. The summed E-state index contributed by atoms with van der Waals surface area (Å²) in [6.07, 6.45) is -1.81. The van der Waals surface area contributed by atoms with Crippen LogP contribution in [0.15, 0.2) is 30.3 Å². The summed E-state index contributed by atoms with van der Waals surface area (Å²) in [6.45, 7) is 0. The van der Waals surface area contributed by atoms with Crippen molar-refractivity contribution in [2.45, 2.75) is 9.96 Å². The van der Waals surface area contributed by atoms with Crippen LogP contribution in [0.25, 0.3) is 0 Å². The number of ether oxygens (including phenoxy) is 1. The number of alkyl halides is 3. The minimum Gasteiger partial charge on any atom is -0.453 e. The van der Waals surface area contributed by atoms with Crippen LogP contribution in [0.2, 0.25) is 0 Å². The van der Waals surface area contributed by atoms with Crippen LogP contribution in [0.4, 0.5) is 10.5 Å². The molecule has 5 nitrogen and oxygen atoms in total. The van der Waals surface area contributed by atoms with Gasteiger partial charge in [-0.1, -0.05) is 53.0 Å². The third-order valence-electron chi connectivity index (χ3n) is 2.08. The minimum absolute atomic E-state index is 0.184. The third kappa shape index (κ3) is 6.00. The van der Waals surface area contributed by atoms with E-state index in [0.717, 1.165) is 5.69 Å². The lowest BCUT2D eigenvalue weighted by Gasteiger charge is -2.27. The largest absolute Gasteiger partial charge is 0.453 e. The van der Waals surface area contributed by atoms with Crippen molar-refractivity contribution in [3.63, 3.8) is 0 Å². The summed E-state index contributed by atoms with van der Waals surface area (Å²) < 4.78 is 2.64. The van der Waals surface area contributed by atoms with Crippen LogP contribution >= 0.6 is 47.0 Å². The van der Waals surface area contributed by atoms with Crippen LogP contribution in [0.1, 0.15) is 0 Å². The van der Waals surface area contributed by atoms with Gasteiger partial charge in [0.15, 0.2) is 11.3 Å². The smallest absolute Gasteiger partial charge is 0.408 e. The van der Waals surface area contributed by atoms with E-state index in [2.05, 4.69) is 20.7 Å². The first kappa shape index (κ1) is 17.1. The second-order valence-corrected chi connectivity index (χ2v) is 6.35. The Morgan fingerprint density at radius 2 is 1.85 bits per heavy atom. The Balaban J connectivity index is 2.65. The number of amides is 1. The molecule has 0 unspecified atom stereocenters. The first-order valence-electron chi connectivity index (χ1n) is 5.36. The fourth-order valence-corrected chi connectivity index (χ4v) is 1.76. The van der Waals surface area contributed by atoms with Gasteiger partial charge < -0.3 is 15.4 Å². The molecule has 0 aliphatic carbocycles. The fourth-order valence-electron chi connectivity index (χ4n) is 1.20. The van der Waals surface area contributed by atoms with Crippen molar-refractivity contribution in [2.75, 3.05) is 12.4 Å². The van der Waals surface area contributed by atoms with E-state index in [1.165, 1.54) is 7.11 Å². The van der Waals surface area contributed by atoms with Crippen molar-refractivity contribution in [3.8, 4) is 0 Å². The van der Waals surface area contributed by atoms with E-state index in [1.54, 1.807) is 0 Å². The van der Waals surface area contributed by atoms with Gasteiger partial charge in [-0.05, 0) is 24.4 Å². The van der Waals surface area contributed by atoms with Gasteiger partial charge in [0.2, 0.25) is 3.79 Å². The van der Waals surface area contributed by atoms with Gasteiger partial charge in [-0.15, -0.1) is 0 Å². The number of thiocarbonyl (C=S) groups is 1. The normalized spacial score (nSPS) is 12.2. The topological polar surface area (TPSA) is 62.4 Å². The van der Waals surface area contributed by atoms with Crippen LogP contribution in [0.3, 0.4) is 0 Å². The highest BCUT2D eigenvalue weighted by molar-refractivity contribution is 7.80. The van der Waals surface area contributed by atoms with Crippen molar-refractivity contribution in [1.82, 2.24) is 10.6 Å². The highest BCUT2D eigenvalue weighted by Gasteiger charge is 2.34. The minimum atomic E-state index is -1.81. The number of alkyl carbamates (subject to hydrolysis) is 1. The molecular formula is C11H12Cl3N3O2S. The van der Waals surface area contributed by atoms with E-state index in [9.17, 15) is 4.79 Å². The van der Waals surface area contributed by atoms with Crippen molar-refractivity contribution >= 4 is 63.9 Å². The first-order valence-corrected chi connectivity index (χ1v) is 6.91. The molecule has 1 rings (SSSR count). The maximum absolute atomic E-state index is 11.2. The molecule has 110 valence electrons. The van der Waals surface area contributed by atoms with Crippen molar-refractivity contribution in [3.05, 3.63) is 30.3 Å². The number of halogens is 3. The lowest BCUT2D eigenvalue weighted by Crippen LogP contribution is -2.56. The molecule has 0 heterocycles. The molecular weight excluding hydrogens is 345 g/mol. The van der Waals surface area contributed by atoms with Crippen molar-refractivity contribution < 1.29 is 9.53 Å². The molecule has 0 bridgehead atoms. The summed E-state index contributed by atoms with van der Waals surface area (Å²) >= 11 is 22.4. The van der Waals surface area contributed by atoms with Crippen LogP contribution in [-0.2, 0) is 4.74 Å². The third-order valence-corrected chi connectivity index (χ3v) is 2.96. The summed E-state index contributed by atoms with van der Waals surface area (Å²) in [6, 6.07) is 9.16. The predicted octanol–water partition coefficient (Wildman–Crippen LogP) is 3.03. The lowest BCUT2D eigenvalue weighted by molar-refractivity contribution is 0.166. The molecule has 1 amide bonds. The zero-order valence-corrected chi connectivity index (χ0v) is 13.4. The number of carbonyl (C=O) groups excluding carboxylic acids is 1. The molecule has 0 aromatic heterocycles. The Bertz CT molecular complexity index is 468. The number of para-hydroxylation sites is 1. The van der Waals surface area contributed by atoms with Gasteiger partial charge in [0.25, 0.3) is 0 Å². The first-order chi connectivity index (χ1) is 9.32. The monoisotopic (exact) mass is 355 g/mol. The van der Waals surface area contributed by atoms with E-state index in [1.807, 2.05) is 30.3 Å². The molecule has 1 aromatic carbocycles. The Labute approximate surface area is 136 Å². The number of carbonyl (C=O) groups is 1. The number of hydrogen-bond donors (Lipinski definition) is 3. The Hall–Kier alpha value is -0.950. The van der Waals surface area contributed by atoms with E-state index in [0.29, 0.717) is 0 Å². The maximum Gasteiger partial charge on any atom is 0.408 e. The van der Waals surface area contributed by atoms with Crippen LogP contribution in [-0.4, -0.2) is 28.3 Å². The van der Waals surface area contributed by atoms with E-state index < -0.39 is 16.1 Å². The number of anilines is 1. The zero-order chi connectivity index (χ0) is 15.2. The maximum atomic E-state index is 11.2. The summed E-state index contributed by atoms with van der Waals surface area (Å²) in [5.74, 6) is 0. The van der Waals surface area contributed by atoms with Crippen molar-refractivity contribution in [1.29, 1.82) is 0 Å². The Morgan fingerprint density at radius 1 is 1.25 bits per heavy atom. The standard InChI is InChI=1S/C11H12Cl3N3O2S/c1-19-10(18)17-8(11(12,13)14)16-9(20)15-7-5-3-2-4-6-7/h2-6,8H,1H3,(H,17,18)(H2,15,16,20)/t8-/m0/s1. The Morgan fingerprint density at radius 3 is 2.35 bits per heavy atom. The van der Waals surface area contributed by atoms with Gasteiger partial charge in [0.1, 0.15) is 0 Å². The van der Waals surface area contributed by atoms with Crippen molar-refractivity contribution in [2.24, 2.45) is 0 Å². The molecule has 3 N–H and O–H groups in total. The number of benzene rings is 1. The van der Waals surface area contributed by atoms with Gasteiger partial charge in [0, 0.05) is 5.69 Å². The molecule has 0 spiro atoms. The highest BCUT2D eigenvalue weighted by Crippen LogP contribution is 2.29. The molecule has 0 saturated heterocycles. The van der Waals surface area contributed by atoms with Gasteiger partial charge in [-0.2, -0.15) is 0 Å². The summed E-state index contributed by atoms with van der Waals surface area (Å²) in [5.41, 5.74) is 0.756. The quantitative estimate of drug-likeness (QED) is 0.441. The number of methoxy groups -OCH3 is 1. The molecule has 0 aliphatic heterocycles. The summed E-state index contributed by atoms with van der Waals surface area (Å²) in [5, 5.41) is 8.08. The predicted molar refractivity (Wildman–Crippen MR) is 85.4 cm³/mol. The van der Waals surface area contributed by atoms with E-state index in [-0.39, 0.29) is 5.11 Å². The highest BCUT2D eigenvalue weighted by atomic mass is 35.6. The molecule has 0 radical (unpaired) electrons. The van der Waals surface area contributed by atoms with Gasteiger partial charge in [-0.3, -0.25) is 5.32 Å². The average Bonchev–Trinajstić information content (AvgIpc) is 2.37. The lowest BCUT2D eigenvalue weighted by atomic mass is 10.3. The van der Waals surface area contributed by atoms with E-state index >= 15 is 0 Å². The fraction of sp³-hybridized carbons (Fsp3) is 0.273. The average molecular weight is 357 g/mol. The van der Waals surface area contributed by atoms with Gasteiger partial charge in [-0.25, -0.2) is 4.79 Å². The SMILES string of the molecule is COC(=O)N[C@H](NC(=S)Nc1ccccc1)C(Cl)(Cl)Cl. The van der Waals surface area contributed by atoms with Gasteiger partial charge >= 0.3 is 6.09 Å². The van der Waals surface area contributed by atoms with Gasteiger partial charge in [0.05, 0.1) is 7.11 Å². The zero-order valence-electron chi connectivity index (χ0n) is 10.3. The molecule has 20 heavy (non-hydrogen) atoms. The van der Waals surface area contributed by atoms with Crippen LogP contribution < -0.4 is 16.0 Å². The molecule has 1 aromatic rings. The number of nitrogens with one attached hydrogen (secondary N) is 3. The molecule has 0 fully saturated rings. The van der Waals surface area contributed by atoms with E-state index in [4.69, 9.17) is 47.0 Å². The second-order valence-electron chi connectivity index (χ2n) is 3.58. The summed E-state index contributed by atoms with van der Waals surface area (Å²) in [7, 11) is 1.20. The second kappa shape index (κ2) is 7.73. The number of hydrogen-bond acceptors (Lipinski definition) is 3. The summed E-state index contributed by atoms with van der Waals surface area (Å²) in [4.78, 5) is 11.2. The van der Waals surface area contributed by atoms with Crippen LogP contribution in [0, 0.1) is 0 Å². The Kier molecular flexibility index (Phi) is 6.61. The molecule has 0 saturated carbocycles.